The summed E-state index contributed by atoms with van der Waals surface area (Å²) in [4.78, 5) is 22.1. The van der Waals surface area contributed by atoms with Crippen LogP contribution in [-0.4, -0.2) is 47.8 Å². The summed E-state index contributed by atoms with van der Waals surface area (Å²) >= 11 is 0. The van der Waals surface area contributed by atoms with E-state index >= 15 is 0 Å². The van der Waals surface area contributed by atoms with E-state index < -0.39 is 30.8 Å². The smallest absolute Gasteiger partial charge is 0.406 e. The Morgan fingerprint density at radius 3 is 2.41 bits per heavy atom. The molecule has 0 radical (unpaired) electrons. The summed E-state index contributed by atoms with van der Waals surface area (Å²) < 4.78 is 35.8. The van der Waals surface area contributed by atoms with E-state index in [0.29, 0.717) is 4.90 Å². The van der Waals surface area contributed by atoms with Crippen LogP contribution in [0.15, 0.2) is 0 Å². The monoisotopic (exact) mass is 252 g/mol. The fraction of sp³-hybridized carbons (Fsp3) is 0.556. The van der Waals surface area contributed by atoms with Gasteiger partial charge in [-0.1, -0.05) is 0 Å². The Hall–Kier alpha value is -1.91. The van der Waals surface area contributed by atoms with E-state index in [1.165, 1.54) is 0 Å². The van der Waals surface area contributed by atoms with Crippen molar-refractivity contribution in [3.63, 3.8) is 0 Å². The molecule has 0 aliphatic carbocycles. The van der Waals surface area contributed by atoms with Gasteiger partial charge in [0, 0.05) is 13.5 Å². The first kappa shape index (κ1) is 15.1. The highest BCUT2D eigenvalue weighted by Crippen LogP contribution is 2.15. The predicted octanol–water partition coefficient (Wildman–Crippen LogP) is 0.667. The van der Waals surface area contributed by atoms with Crippen molar-refractivity contribution in [2.75, 3.05) is 13.6 Å². The van der Waals surface area contributed by atoms with Crippen molar-refractivity contribution in [1.82, 2.24) is 10.2 Å². The number of carbonyl (C=O) groups is 2. The lowest BCUT2D eigenvalue weighted by molar-refractivity contribution is -0.139. The van der Waals surface area contributed by atoms with Gasteiger partial charge < -0.3 is 15.3 Å². The minimum absolute atomic E-state index is 0.305. The second kappa shape index (κ2) is 5.98. The average Bonchev–Trinajstić information content (AvgIpc) is 2.13. The maximum atomic E-state index is 11.9. The number of carbonyl (C=O) groups excluding carboxylic acids is 1. The first-order valence-electron chi connectivity index (χ1n) is 4.42. The molecule has 0 aliphatic heterocycles. The number of alkyl halides is 3. The van der Waals surface area contributed by atoms with Gasteiger partial charge in [0.25, 0.3) is 0 Å². The van der Waals surface area contributed by atoms with Crippen LogP contribution in [0.5, 0.6) is 0 Å². The number of nitrogens with zero attached hydrogens (tertiary/aromatic N) is 1. The molecule has 0 rings (SSSR count). The van der Waals surface area contributed by atoms with Crippen LogP contribution in [0.25, 0.3) is 0 Å². The Kier molecular flexibility index (Phi) is 5.31. The number of carboxylic acids is 1. The van der Waals surface area contributed by atoms with Gasteiger partial charge in [0.1, 0.15) is 12.6 Å². The van der Waals surface area contributed by atoms with Gasteiger partial charge in [-0.25, -0.2) is 9.59 Å². The molecule has 2 amide bonds. The second-order valence-electron chi connectivity index (χ2n) is 3.22. The molecule has 0 aromatic carbocycles. The molecule has 0 fully saturated rings. The van der Waals surface area contributed by atoms with Gasteiger partial charge in [-0.3, -0.25) is 0 Å². The maximum absolute atomic E-state index is 11.9. The van der Waals surface area contributed by atoms with E-state index in [4.69, 9.17) is 11.5 Å². The van der Waals surface area contributed by atoms with E-state index in [1.807, 2.05) is 11.2 Å². The molecular weight excluding hydrogens is 241 g/mol. The standard InChI is InChI=1S/C9H11F3N2O3/c1-3-4-6(7(15)16)13-8(17)14(2)5-9(10,11)12/h1,6H,4-5H2,2H3,(H,13,17)(H,15,16). The van der Waals surface area contributed by atoms with E-state index in [0.717, 1.165) is 7.05 Å². The van der Waals surface area contributed by atoms with Crippen molar-refractivity contribution in [1.29, 1.82) is 0 Å². The molecule has 0 bridgehead atoms. The molecule has 0 heterocycles. The minimum atomic E-state index is -4.54. The first-order valence-corrected chi connectivity index (χ1v) is 4.42. The normalized spacial score (nSPS) is 12.4. The zero-order valence-electron chi connectivity index (χ0n) is 8.91. The molecule has 1 unspecified atom stereocenters. The van der Waals surface area contributed by atoms with E-state index in [1.54, 1.807) is 0 Å². The molecule has 5 nitrogen and oxygen atoms in total. The molecule has 96 valence electrons. The minimum Gasteiger partial charge on any atom is -0.480 e. The number of urea groups is 1. The van der Waals surface area contributed by atoms with Crippen molar-refractivity contribution in [2.24, 2.45) is 0 Å². The number of amides is 2. The number of carboxylic acid groups (broad SMARTS) is 1. The van der Waals surface area contributed by atoms with Crippen LogP contribution >= 0.6 is 0 Å². The number of halogens is 3. The fourth-order valence-corrected chi connectivity index (χ4v) is 0.918. The highest BCUT2D eigenvalue weighted by molar-refractivity contribution is 5.82. The van der Waals surface area contributed by atoms with Gasteiger partial charge in [-0.2, -0.15) is 13.2 Å². The van der Waals surface area contributed by atoms with Gasteiger partial charge in [0.15, 0.2) is 0 Å². The molecule has 0 aromatic rings. The molecule has 0 aromatic heterocycles. The van der Waals surface area contributed by atoms with Gasteiger partial charge in [0.2, 0.25) is 0 Å². The van der Waals surface area contributed by atoms with Crippen LogP contribution in [0.4, 0.5) is 18.0 Å². The topological polar surface area (TPSA) is 69.6 Å². The van der Waals surface area contributed by atoms with Crippen molar-refractivity contribution in [2.45, 2.75) is 18.6 Å². The quantitative estimate of drug-likeness (QED) is 0.722. The van der Waals surface area contributed by atoms with Crippen LogP contribution in [0.1, 0.15) is 6.42 Å². The molecule has 2 N–H and O–H groups in total. The van der Waals surface area contributed by atoms with Crippen molar-refractivity contribution in [3.8, 4) is 12.3 Å². The Labute approximate surface area is 95.6 Å². The number of rotatable bonds is 4. The van der Waals surface area contributed by atoms with Crippen molar-refractivity contribution in [3.05, 3.63) is 0 Å². The molecule has 0 spiro atoms. The largest absolute Gasteiger partial charge is 0.480 e. The summed E-state index contributed by atoms with van der Waals surface area (Å²) in [6, 6.07) is -2.55. The van der Waals surface area contributed by atoms with E-state index in [-0.39, 0.29) is 6.42 Å². The lowest BCUT2D eigenvalue weighted by atomic mass is 10.2. The zero-order chi connectivity index (χ0) is 13.6. The summed E-state index contributed by atoms with van der Waals surface area (Å²) in [5.41, 5.74) is 0. The van der Waals surface area contributed by atoms with Crippen molar-refractivity contribution < 1.29 is 27.9 Å². The number of hydrogen-bond donors (Lipinski definition) is 2. The molecule has 1 atom stereocenters. The highest BCUT2D eigenvalue weighted by atomic mass is 19.4. The number of nitrogens with one attached hydrogen (secondary N) is 1. The van der Waals surface area contributed by atoms with Crippen LogP contribution in [-0.2, 0) is 4.79 Å². The lowest BCUT2D eigenvalue weighted by Crippen LogP contribution is -2.48. The highest BCUT2D eigenvalue weighted by Gasteiger charge is 2.32. The Bertz CT molecular complexity index is 335. The summed E-state index contributed by atoms with van der Waals surface area (Å²) in [6.45, 7) is -1.47. The van der Waals surface area contributed by atoms with Gasteiger partial charge >= 0.3 is 18.2 Å². The average molecular weight is 252 g/mol. The second-order valence-corrected chi connectivity index (χ2v) is 3.22. The molecular formula is C9H11F3N2O3. The van der Waals surface area contributed by atoms with Crippen molar-refractivity contribution >= 4 is 12.0 Å². The Morgan fingerprint density at radius 1 is 1.53 bits per heavy atom. The number of aliphatic carboxylic acids is 1. The number of terminal acetylenes is 1. The molecule has 17 heavy (non-hydrogen) atoms. The lowest BCUT2D eigenvalue weighted by Gasteiger charge is -2.21. The number of hydrogen-bond acceptors (Lipinski definition) is 2. The van der Waals surface area contributed by atoms with Gasteiger partial charge in [-0.15, -0.1) is 12.3 Å². The van der Waals surface area contributed by atoms with E-state index in [2.05, 4.69) is 0 Å². The Morgan fingerprint density at radius 2 is 2.06 bits per heavy atom. The summed E-state index contributed by atoms with van der Waals surface area (Å²) in [5, 5.41) is 10.5. The van der Waals surface area contributed by atoms with Gasteiger partial charge in [0.05, 0.1) is 0 Å². The molecule has 0 saturated carbocycles. The van der Waals surface area contributed by atoms with Crippen LogP contribution < -0.4 is 5.32 Å². The van der Waals surface area contributed by atoms with E-state index in [9.17, 15) is 22.8 Å². The van der Waals surface area contributed by atoms with Crippen LogP contribution in [0, 0.1) is 12.3 Å². The molecule has 8 heteroatoms. The third kappa shape index (κ3) is 6.29. The summed E-state index contributed by atoms with van der Waals surface area (Å²) in [5.74, 6) is 0.600. The molecule has 0 saturated heterocycles. The summed E-state index contributed by atoms with van der Waals surface area (Å²) in [6.07, 6.45) is 0.0132. The third-order valence-electron chi connectivity index (χ3n) is 1.68. The summed E-state index contributed by atoms with van der Waals surface area (Å²) in [7, 11) is 0.900. The van der Waals surface area contributed by atoms with Crippen LogP contribution in [0.2, 0.25) is 0 Å². The SMILES string of the molecule is C#CCC(NC(=O)N(C)CC(F)(F)F)C(=O)O. The fourth-order valence-electron chi connectivity index (χ4n) is 0.918. The Balaban J connectivity index is 4.42. The van der Waals surface area contributed by atoms with Crippen LogP contribution in [0.3, 0.4) is 0 Å². The third-order valence-corrected chi connectivity index (χ3v) is 1.68. The maximum Gasteiger partial charge on any atom is 0.406 e. The first-order chi connectivity index (χ1) is 7.67. The molecule has 0 aliphatic rings. The zero-order valence-corrected chi connectivity index (χ0v) is 8.91. The predicted molar refractivity (Wildman–Crippen MR) is 52.1 cm³/mol. The van der Waals surface area contributed by atoms with Gasteiger partial charge in [-0.05, 0) is 0 Å².